The van der Waals surface area contributed by atoms with Crippen LogP contribution >= 0.6 is 0 Å². The zero-order valence-corrected chi connectivity index (χ0v) is 14.9. The van der Waals surface area contributed by atoms with Gasteiger partial charge in [-0.05, 0) is 25.3 Å². The molecule has 1 heterocycles. The predicted molar refractivity (Wildman–Crippen MR) is 99.0 cm³/mol. The summed E-state index contributed by atoms with van der Waals surface area (Å²) in [5.41, 5.74) is 2.60. The Labute approximate surface area is 150 Å². The third kappa shape index (κ3) is 2.75. The van der Waals surface area contributed by atoms with E-state index in [0.717, 1.165) is 12.8 Å². The van der Waals surface area contributed by atoms with Crippen LogP contribution in [0.5, 0.6) is 0 Å². The Bertz CT molecular complexity index is 685. The van der Waals surface area contributed by atoms with Gasteiger partial charge in [-0.15, -0.1) is 0 Å². The molecule has 1 saturated heterocycles. The van der Waals surface area contributed by atoms with Crippen molar-refractivity contribution >= 4 is 5.97 Å². The van der Waals surface area contributed by atoms with E-state index in [4.69, 9.17) is 4.74 Å². The summed E-state index contributed by atoms with van der Waals surface area (Å²) in [5.74, 6) is 0.253. The van der Waals surface area contributed by atoms with Crippen molar-refractivity contribution in [2.45, 2.75) is 51.1 Å². The molecular formula is C22H27NO2. The third-order valence-corrected chi connectivity index (χ3v) is 6.21. The maximum absolute atomic E-state index is 12.9. The summed E-state index contributed by atoms with van der Waals surface area (Å²) in [6.07, 6.45) is 12.6. The number of piperidine rings is 1. The van der Waals surface area contributed by atoms with E-state index in [0.29, 0.717) is 12.5 Å². The molecule has 0 bridgehead atoms. The molecule has 1 N–H and O–H groups in total. The van der Waals surface area contributed by atoms with Crippen molar-refractivity contribution in [1.29, 1.82) is 0 Å². The summed E-state index contributed by atoms with van der Waals surface area (Å²) in [6, 6.07) is 10.4. The average Bonchev–Trinajstić information content (AvgIpc) is 3.15. The second-order valence-corrected chi connectivity index (χ2v) is 7.49. The number of hydrogen-bond donors (Lipinski definition) is 1. The van der Waals surface area contributed by atoms with E-state index in [-0.39, 0.29) is 23.5 Å². The van der Waals surface area contributed by atoms with Gasteiger partial charge in [-0.2, -0.15) is 0 Å². The number of fused-ring (bicyclic) bond motifs is 2. The first-order chi connectivity index (χ1) is 12.3. The average molecular weight is 337 g/mol. The van der Waals surface area contributed by atoms with Crippen LogP contribution in [0.15, 0.2) is 54.1 Å². The highest BCUT2D eigenvalue weighted by Gasteiger charge is 2.54. The van der Waals surface area contributed by atoms with Crippen molar-refractivity contribution in [2.75, 3.05) is 6.61 Å². The van der Waals surface area contributed by atoms with Gasteiger partial charge in [0.05, 0.1) is 6.61 Å². The Morgan fingerprint density at radius 1 is 1.20 bits per heavy atom. The topological polar surface area (TPSA) is 38.3 Å². The molecule has 3 heteroatoms. The molecule has 2 fully saturated rings. The van der Waals surface area contributed by atoms with Crippen molar-refractivity contribution in [3.8, 4) is 0 Å². The molecule has 2 aliphatic carbocycles. The van der Waals surface area contributed by atoms with Gasteiger partial charge < -0.3 is 4.74 Å². The number of esters is 1. The van der Waals surface area contributed by atoms with E-state index >= 15 is 0 Å². The number of rotatable bonds is 3. The van der Waals surface area contributed by atoms with Crippen molar-refractivity contribution in [1.82, 2.24) is 5.32 Å². The second-order valence-electron chi connectivity index (χ2n) is 7.49. The highest BCUT2D eigenvalue weighted by molar-refractivity contribution is 5.78. The molecule has 132 valence electrons. The SMILES string of the molecule is CCOC(=O)[C@H]1N[C@@H](c2ccccc2)[C@@H]2C=CC=C2C12CCCCC2. The van der Waals surface area contributed by atoms with Gasteiger partial charge >= 0.3 is 5.97 Å². The van der Waals surface area contributed by atoms with Crippen LogP contribution in [0.1, 0.15) is 50.6 Å². The molecule has 0 amide bonds. The zero-order valence-electron chi connectivity index (χ0n) is 14.9. The first-order valence-electron chi connectivity index (χ1n) is 9.63. The number of carbonyl (C=O) groups excluding carboxylic acids is 1. The summed E-state index contributed by atoms with van der Waals surface area (Å²) >= 11 is 0. The Hall–Kier alpha value is -1.87. The Morgan fingerprint density at radius 3 is 2.68 bits per heavy atom. The van der Waals surface area contributed by atoms with Crippen LogP contribution in [-0.2, 0) is 9.53 Å². The van der Waals surface area contributed by atoms with Gasteiger partial charge in [0, 0.05) is 17.4 Å². The normalized spacial score (nSPS) is 30.0. The highest BCUT2D eigenvalue weighted by atomic mass is 16.5. The van der Waals surface area contributed by atoms with Crippen LogP contribution in [0.4, 0.5) is 0 Å². The molecular weight excluding hydrogens is 310 g/mol. The Kier molecular flexibility index (Phi) is 4.51. The zero-order chi connectivity index (χ0) is 17.3. The minimum absolute atomic E-state index is 0.0794. The molecule has 4 rings (SSSR count). The molecule has 3 atom stereocenters. The van der Waals surface area contributed by atoms with E-state index in [1.54, 1.807) is 0 Å². The van der Waals surface area contributed by atoms with Crippen molar-refractivity contribution in [3.05, 3.63) is 59.7 Å². The maximum atomic E-state index is 12.9. The minimum atomic E-state index is -0.250. The monoisotopic (exact) mass is 337 g/mol. The fourth-order valence-corrected chi connectivity index (χ4v) is 5.13. The Balaban J connectivity index is 1.75. The molecule has 0 aromatic heterocycles. The fourth-order valence-electron chi connectivity index (χ4n) is 5.13. The van der Waals surface area contributed by atoms with E-state index in [9.17, 15) is 4.79 Å². The lowest BCUT2D eigenvalue weighted by Gasteiger charge is -2.52. The van der Waals surface area contributed by atoms with Gasteiger partial charge in [-0.3, -0.25) is 10.1 Å². The van der Waals surface area contributed by atoms with E-state index in [1.165, 1.54) is 30.4 Å². The summed E-state index contributed by atoms with van der Waals surface area (Å²) in [4.78, 5) is 12.9. The minimum Gasteiger partial charge on any atom is -0.465 e. The Morgan fingerprint density at radius 2 is 1.96 bits per heavy atom. The molecule has 1 aromatic carbocycles. The van der Waals surface area contributed by atoms with E-state index in [1.807, 2.05) is 13.0 Å². The summed E-state index contributed by atoms with van der Waals surface area (Å²) in [5, 5.41) is 3.72. The lowest BCUT2D eigenvalue weighted by atomic mass is 9.58. The van der Waals surface area contributed by atoms with Gasteiger partial charge in [-0.25, -0.2) is 0 Å². The molecule has 1 saturated carbocycles. The summed E-state index contributed by atoms with van der Waals surface area (Å²) < 4.78 is 5.49. The molecule has 1 aromatic rings. The number of allylic oxidation sites excluding steroid dienone is 2. The number of hydrogen-bond acceptors (Lipinski definition) is 3. The molecule has 0 unspecified atom stereocenters. The van der Waals surface area contributed by atoms with Gasteiger partial charge in [0.1, 0.15) is 6.04 Å². The first kappa shape index (κ1) is 16.6. The van der Waals surface area contributed by atoms with Crippen molar-refractivity contribution in [2.24, 2.45) is 11.3 Å². The van der Waals surface area contributed by atoms with E-state index < -0.39 is 0 Å². The van der Waals surface area contributed by atoms with Gasteiger partial charge in [-0.1, -0.05) is 73.4 Å². The van der Waals surface area contributed by atoms with Gasteiger partial charge in [0.25, 0.3) is 0 Å². The van der Waals surface area contributed by atoms with Gasteiger partial charge in [0.2, 0.25) is 0 Å². The van der Waals surface area contributed by atoms with Crippen molar-refractivity contribution < 1.29 is 9.53 Å². The van der Waals surface area contributed by atoms with E-state index in [2.05, 4.69) is 47.8 Å². The number of nitrogens with one attached hydrogen (secondary N) is 1. The third-order valence-electron chi connectivity index (χ3n) is 6.21. The predicted octanol–water partition coefficient (Wildman–Crippen LogP) is 4.33. The largest absolute Gasteiger partial charge is 0.465 e. The second kappa shape index (κ2) is 6.80. The van der Waals surface area contributed by atoms with Crippen LogP contribution in [0.3, 0.4) is 0 Å². The molecule has 0 radical (unpaired) electrons. The fraction of sp³-hybridized carbons (Fsp3) is 0.500. The molecule has 3 aliphatic rings. The first-order valence-corrected chi connectivity index (χ1v) is 9.63. The molecule has 25 heavy (non-hydrogen) atoms. The maximum Gasteiger partial charge on any atom is 0.324 e. The van der Waals surface area contributed by atoms with Crippen LogP contribution in [0.2, 0.25) is 0 Å². The van der Waals surface area contributed by atoms with Crippen LogP contribution in [0, 0.1) is 11.3 Å². The molecule has 1 aliphatic heterocycles. The van der Waals surface area contributed by atoms with Crippen molar-refractivity contribution in [3.63, 3.8) is 0 Å². The summed E-state index contributed by atoms with van der Waals surface area (Å²) in [7, 11) is 0. The number of carbonyl (C=O) groups is 1. The summed E-state index contributed by atoms with van der Waals surface area (Å²) in [6.45, 7) is 2.33. The molecule has 3 nitrogen and oxygen atoms in total. The smallest absolute Gasteiger partial charge is 0.324 e. The van der Waals surface area contributed by atoms with Crippen LogP contribution < -0.4 is 5.32 Å². The number of benzene rings is 1. The van der Waals surface area contributed by atoms with Crippen LogP contribution in [0.25, 0.3) is 0 Å². The standard InChI is InChI=1S/C22H27NO2/c1-2-25-21(24)20-22(14-7-4-8-15-22)18-13-9-12-17(18)19(23-20)16-10-5-3-6-11-16/h3,5-6,9-13,17,19-20,23H,2,4,7-8,14-15H2,1H3/t17-,19+,20-/m1/s1. The highest BCUT2D eigenvalue weighted by Crippen LogP contribution is 2.55. The quantitative estimate of drug-likeness (QED) is 0.835. The van der Waals surface area contributed by atoms with Gasteiger partial charge in [0.15, 0.2) is 0 Å². The lowest BCUT2D eigenvalue weighted by molar-refractivity contribution is -0.151. The lowest BCUT2D eigenvalue weighted by Crippen LogP contribution is -2.59. The molecule has 1 spiro atoms. The number of ether oxygens (including phenoxy) is 1. The van der Waals surface area contributed by atoms with Crippen LogP contribution in [-0.4, -0.2) is 18.6 Å².